The summed E-state index contributed by atoms with van der Waals surface area (Å²) in [4.78, 5) is 23.4. The van der Waals surface area contributed by atoms with Gasteiger partial charge in [0.25, 0.3) is 0 Å². The van der Waals surface area contributed by atoms with Gasteiger partial charge in [0.1, 0.15) is 0 Å². The summed E-state index contributed by atoms with van der Waals surface area (Å²) < 4.78 is 0. The molecule has 0 spiro atoms. The minimum atomic E-state index is -0.509. The zero-order valence-electron chi connectivity index (χ0n) is 7.88. The molecule has 0 amide bonds. The third kappa shape index (κ3) is 1.03. The minimum Gasteiger partial charge on any atom is -0.285 e. The fourth-order valence-corrected chi connectivity index (χ4v) is 2.45. The van der Waals surface area contributed by atoms with Gasteiger partial charge in [-0.25, -0.2) is 0 Å². The van der Waals surface area contributed by atoms with Crippen molar-refractivity contribution in [2.75, 3.05) is 0 Å². The van der Waals surface area contributed by atoms with E-state index in [4.69, 9.17) is 23.2 Å². The number of hydrogen-bond donors (Lipinski definition) is 0. The summed E-state index contributed by atoms with van der Waals surface area (Å²) in [7, 11) is 0. The summed E-state index contributed by atoms with van der Waals surface area (Å²) in [6, 6.07) is 6.54. The van der Waals surface area contributed by atoms with E-state index in [0.717, 1.165) is 0 Å². The van der Waals surface area contributed by atoms with Crippen LogP contribution in [0.2, 0.25) is 10.0 Å². The number of carbonyl (C=O) groups excluding carboxylic acids is 2. The third-order valence-corrected chi connectivity index (χ3v) is 3.55. The highest BCUT2D eigenvalue weighted by Crippen LogP contribution is 2.38. The lowest BCUT2D eigenvalue weighted by atomic mass is 10.1. The van der Waals surface area contributed by atoms with Crippen LogP contribution in [0.25, 0.3) is 10.8 Å². The van der Waals surface area contributed by atoms with Crippen LogP contribution >= 0.6 is 23.2 Å². The summed E-state index contributed by atoms with van der Waals surface area (Å²) >= 11 is 12.0. The van der Waals surface area contributed by atoms with E-state index in [1.165, 1.54) is 6.07 Å². The van der Waals surface area contributed by atoms with Gasteiger partial charge in [-0.2, -0.15) is 0 Å². The molecule has 4 heteroatoms. The standard InChI is InChI=1S/C12H4Cl2O2/c13-8-4-7-9-5(10(8)14)2-1-3-6(9)11(15)12(7)16/h1-4H. The van der Waals surface area contributed by atoms with Crippen molar-refractivity contribution < 1.29 is 9.59 Å². The molecule has 2 aromatic carbocycles. The van der Waals surface area contributed by atoms with Gasteiger partial charge in [-0.05, 0) is 6.07 Å². The average molecular weight is 251 g/mol. The summed E-state index contributed by atoms with van der Waals surface area (Å²) in [6.45, 7) is 0. The number of Topliss-reactive ketones (excluding diaryl/α,β-unsaturated/α-hetero) is 2. The third-order valence-electron chi connectivity index (χ3n) is 2.75. The zero-order valence-corrected chi connectivity index (χ0v) is 9.39. The lowest BCUT2D eigenvalue weighted by Crippen LogP contribution is -2.05. The van der Waals surface area contributed by atoms with E-state index in [-0.39, 0.29) is 0 Å². The maximum atomic E-state index is 11.7. The van der Waals surface area contributed by atoms with Crippen molar-refractivity contribution in [3.05, 3.63) is 45.4 Å². The van der Waals surface area contributed by atoms with Crippen LogP contribution < -0.4 is 0 Å². The molecule has 0 radical (unpaired) electrons. The van der Waals surface area contributed by atoms with Gasteiger partial charge in [0.15, 0.2) is 0 Å². The predicted molar refractivity (Wildman–Crippen MR) is 62.6 cm³/mol. The van der Waals surface area contributed by atoms with Crippen molar-refractivity contribution in [1.82, 2.24) is 0 Å². The Morgan fingerprint density at radius 2 is 1.62 bits per heavy atom. The van der Waals surface area contributed by atoms with E-state index in [1.54, 1.807) is 18.2 Å². The van der Waals surface area contributed by atoms with Gasteiger partial charge in [-0.1, -0.05) is 41.4 Å². The number of rotatable bonds is 0. The van der Waals surface area contributed by atoms with Gasteiger partial charge in [0, 0.05) is 21.9 Å². The Labute approximate surface area is 101 Å². The lowest BCUT2D eigenvalue weighted by molar-refractivity contribution is 0.0825. The molecule has 0 aliphatic heterocycles. The highest BCUT2D eigenvalue weighted by atomic mass is 35.5. The fourth-order valence-electron chi connectivity index (χ4n) is 2.03. The fraction of sp³-hybridized carbons (Fsp3) is 0. The molecule has 0 heterocycles. The number of halogens is 2. The first-order valence-corrected chi connectivity index (χ1v) is 5.36. The average Bonchev–Trinajstić information content (AvgIpc) is 2.53. The molecule has 0 fully saturated rings. The second-order valence-corrected chi connectivity index (χ2v) is 4.39. The molecule has 3 rings (SSSR count). The first-order chi connectivity index (χ1) is 7.61. The maximum absolute atomic E-state index is 11.7. The van der Waals surface area contributed by atoms with Crippen LogP contribution in [0.4, 0.5) is 0 Å². The van der Waals surface area contributed by atoms with Gasteiger partial charge in [-0.3, -0.25) is 9.59 Å². The van der Waals surface area contributed by atoms with Gasteiger partial charge < -0.3 is 0 Å². The Hall–Kier alpha value is -1.38. The zero-order chi connectivity index (χ0) is 11.4. The second-order valence-electron chi connectivity index (χ2n) is 3.61. The van der Waals surface area contributed by atoms with E-state index in [0.29, 0.717) is 31.9 Å². The Morgan fingerprint density at radius 3 is 2.38 bits per heavy atom. The van der Waals surface area contributed by atoms with Crippen molar-refractivity contribution >= 4 is 45.5 Å². The molecular weight excluding hydrogens is 247 g/mol. The van der Waals surface area contributed by atoms with Gasteiger partial charge >= 0.3 is 0 Å². The molecule has 1 aliphatic rings. The summed E-state index contributed by atoms with van der Waals surface area (Å²) in [6.07, 6.45) is 0. The van der Waals surface area contributed by atoms with Crippen molar-refractivity contribution in [2.24, 2.45) is 0 Å². The Bertz CT molecular complexity index is 674. The minimum absolute atomic E-state index is 0.296. The molecule has 2 aromatic rings. The molecule has 0 aromatic heterocycles. The predicted octanol–water partition coefficient (Wildman–Crippen LogP) is 3.53. The molecule has 0 saturated heterocycles. The van der Waals surface area contributed by atoms with Gasteiger partial charge in [0.05, 0.1) is 10.0 Å². The van der Waals surface area contributed by atoms with E-state index in [1.807, 2.05) is 0 Å². The Kier molecular flexibility index (Phi) is 1.88. The summed E-state index contributed by atoms with van der Waals surface area (Å²) in [5.41, 5.74) is 0.765. The molecular formula is C12H4Cl2O2. The summed E-state index contributed by atoms with van der Waals surface area (Å²) in [5.74, 6) is -0.997. The normalized spacial score (nSPS) is 13.9. The largest absolute Gasteiger partial charge is 0.285 e. The molecule has 0 bridgehead atoms. The molecule has 78 valence electrons. The van der Waals surface area contributed by atoms with Gasteiger partial charge in [0.2, 0.25) is 11.6 Å². The molecule has 0 atom stereocenters. The van der Waals surface area contributed by atoms with Crippen molar-refractivity contribution in [3.63, 3.8) is 0 Å². The molecule has 2 nitrogen and oxygen atoms in total. The monoisotopic (exact) mass is 250 g/mol. The number of carbonyl (C=O) groups is 2. The van der Waals surface area contributed by atoms with Crippen LogP contribution in [0.15, 0.2) is 24.3 Å². The molecule has 0 saturated carbocycles. The van der Waals surface area contributed by atoms with E-state index >= 15 is 0 Å². The van der Waals surface area contributed by atoms with E-state index < -0.39 is 11.6 Å². The highest BCUT2D eigenvalue weighted by Gasteiger charge is 2.31. The number of benzene rings is 2. The van der Waals surface area contributed by atoms with Crippen LogP contribution in [0.3, 0.4) is 0 Å². The molecule has 1 aliphatic carbocycles. The smallest absolute Gasteiger partial charge is 0.234 e. The maximum Gasteiger partial charge on any atom is 0.234 e. The van der Waals surface area contributed by atoms with E-state index in [2.05, 4.69) is 0 Å². The summed E-state index contributed by atoms with van der Waals surface area (Å²) in [5, 5.41) is 1.95. The first-order valence-electron chi connectivity index (χ1n) is 4.61. The van der Waals surface area contributed by atoms with Crippen molar-refractivity contribution in [2.45, 2.75) is 0 Å². The lowest BCUT2D eigenvalue weighted by Gasteiger charge is -2.03. The topological polar surface area (TPSA) is 34.1 Å². The van der Waals surface area contributed by atoms with Crippen LogP contribution in [-0.2, 0) is 0 Å². The molecule has 0 N–H and O–H groups in total. The number of hydrogen-bond acceptors (Lipinski definition) is 2. The Balaban J connectivity index is 2.63. The van der Waals surface area contributed by atoms with Crippen LogP contribution in [0.1, 0.15) is 20.7 Å². The molecule has 0 unspecified atom stereocenters. The van der Waals surface area contributed by atoms with Crippen molar-refractivity contribution in [3.8, 4) is 0 Å². The highest BCUT2D eigenvalue weighted by molar-refractivity contribution is 6.59. The van der Waals surface area contributed by atoms with E-state index in [9.17, 15) is 9.59 Å². The molecule has 16 heavy (non-hydrogen) atoms. The first kappa shape index (κ1) is 9.82. The van der Waals surface area contributed by atoms with Gasteiger partial charge in [-0.15, -0.1) is 0 Å². The van der Waals surface area contributed by atoms with Crippen LogP contribution in [0, 0.1) is 0 Å². The van der Waals surface area contributed by atoms with Crippen LogP contribution in [-0.4, -0.2) is 11.6 Å². The Morgan fingerprint density at radius 1 is 0.938 bits per heavy atom. The second kappa shape index (κ2) is 3.06. The van der Waals surface area contributed by atoms with Crippen LogP contribution in [0.5, 0.6) is 0 Å². The number of ketones is 2. The SMILES string of the molecule is O=C1C(=O)c2cc(Cl)c(Cl)c3cccc1c23. The quantitative estimate of drug-likeness (QED) is 0.671. The van der Waals surface area contributed by atoms with Crippen molar-refractivity contribution in [1.29, 1.82) is 0 Å².